The van der Waals surface area contributed by atoms with Gasteiger partial charge in [-0.3, -0.25) is 0 Å². The summed E-state index contributed by atoms with van der Waals surface area (Å²) >= 11 is 6.31. The van der Waals surface area contributed by atoms with E-state index < -0.39 is 0 Å². The predicted octanol–water partition coefficient (Wildman–Crippen LogP) is 4.10. The lowest BCUT2D eigenvalue weighted by Gasteiger charge is -2.20. The number of nitrogens with one attached hydrogen (secondary N) is 1. The van der Waals surface area contributed by atoms with Gasteiger partial charge in [0.05, 0.1) is 0 Å². The van der Waals surface area contributed by atoms with Gasteiger partial charge in [0.15, 0.2) is 0 Å². The molecule has 1 unspecified atom stereocenters. The summed E-state index contributed by atoms with van der Waals surface area (Å²) in [6, 6.07) is 8.16. The Bertz CT molecular complexity index is 354. The van der Waals surface area contributed by atoms with Crippen molar-refractivity contribution in [2.45, 2.75) is 32.6 Å². The smallest absolute Gasteiger partial charge is 0.0462 e. The molecule has 0 aromatic heterocycles. The van der Waals surface area contributed by atoms with Gasteiger partial charge in [0.2, 0.25) is 0 Å². The zero-order valence-corrected chi connectivity index (χ0v) is 13.0. The molecule has 1 N–H and O–H groups in total. The molecule has 1 atom stereocenters. The molecule has 108 valence electrons. The molecule has 0 bridgehead atoms. The highest BCUT2D eigenvalue weighted by molar-refractivity contribution is 6.31. The van der Waals surface area contributed by atoms with E-state index in [1.807, 2.05) is 12.1 Å². The molecule has 0 aliphatic rings. The molecule has 2 nitrogen and oxygen atoms in total. The van der Waals surface area contributed by atoms with E-state index in [1.165, 1.54) is 5.56 Å². The number of hydrogen-bond donors (Lipinski definition) is 1. The van der Waals surface area contributed by atoms with Crippen molar-refractivity contribution < 1.29 is 4.74 Å². The highest BCUT2D eigenvalue weighted by Crippen LogP contribution is 2.27. The van der Waals surface area contributed by atoms with Crippen LogP contribution in [0.15, 0.2) is 24.3 Å². The molecule has 0 aliphatic heterocycles. The van der Waals surface area contributed by atoms with Crippen molar-refractivity contribution in [1.82, 2.24) is 5.32 Å². The van der Waals surface area contributed by atoms with E-state index in [4.69, 9.17) is 16.3 Å². The van der Waals surface area contributed by atoms with E-state index in [0.29, 0.717) is 11.8 Å². The Morgan fingerprint density at radius 1 is 1.21 bits per heavy atom. The minimum atomic E-state index is 0.461. The van der Waals surface area contributed by atoms with Crippen LogP contribution in [0.1, 0.15) is 38.2 Å². The molecular formula is C16H26ClNO. The average molecular weight is 284 g/mol. The molecule has 19 heavy (non-hydrogen) atoms. The number of hydrogen-bond acceptors (Lipinski definition) is 2. The minimum Gasteiger partial charge on any atom is -0.385 e. The summed E-state index contributed by atoms with van der Waals surface area (Å²) in [6.45, 7) is 7.28. The average Bonchev–Trinajstić information content (AvgIpc) is 2.37. The fourth-order valence-corrected chi connectivity index (χ4v) is 2.48. The third-order valence-corrected chi connectivity index (χ3v) is 3.53. The van der Waals surface area contributed by atoms with E-state index >= 15 is 0 Å². The molecule has 1 aromatic rings. The normalized spacial score (nSPS) is 12.9. The third-order valence-electron chi connectivity index (χ3n) is 3.19. The van der Waals surface area contributed by atoms with E-state index in [2.05, 4.69) is 31.3 Å². The molecule has 1 aromatic carbocycles. The maximum absolute atomic E-state index is 6.31. The lowest BCUT2D eigenvalue weighted by Crippen LogP contribution is -2.25. The quantitative estimate of drug-likeness (QED) is 0.689. The SMILES string of the molecule is COCCCC(CNCC(C)C)c1ccccc1Cl. The summed E-state index contributed by atoms with van der Waals surface area (Å²) < 4.78 is 5.15. The maximum atomic E-state index is 6.31. The first-order valence-electron chi connectivity index (χ1n) is 7.09. The number of benzene rings is 1. The second-order valence-electron chi connectivity index (χ2n) is 5.41. The second-order valence-corrected chi connectivity index (χ2v) is 5.81. The molecule has 0 fully saturated rings. The lowest BCUT2D eigenvalue weighted by molar-refractivity contribution is 0.190. The van der Waals surface area contributed by atoms with Crippen LogP contribution in [0.2, 0.25) is 5.02 Å². The zero-order valence-electron chi connectivity index (χ0n) is 12.3. The van der Waals surface area contributed by atoms with Crippen molar-refractivity contribution in [1.29, 1.82) is 0 Å². The molecule has 0 saturated heterocycles. The number of ether oxygens (including phenoxy) is 1. The minimum absolute atomic E-state index is 0.461. The largest absolute Gasteiger partial charge is 0.385 e. The topological polar surface area (TPSA) is 21.3 Å². The Morgan fingerprint density at radius 3 is 2.58 bits per heavy atom. The van der Waals surface area contributed by atoms with Crippen LogP contribution in [-0.2, 0) is 4.74 Å². The van der Waals surface area contributed by atoms with Crippen LogP contribution in [-0.4, -0.2) is 26.8 Å². The van der Waals surface area contributed by atoms with Gasteiger partial charge in [-0.05, 0) is 42.9 Å². The zero-order chi connectivity index (χ0) is 14.1. The lowest BCUT2D eigenvalue weighted by atomic mass is 9.94. The number of rotatable bonds is 9. The van der Waals surface area contributed by atoms with Gasteiger partial charge in [0.1, 0.15) is 0 Å². The van der Waals surface area contributed by atoms with Crippen LogP contribution >= 0.6 is 11.6 Å². The number of halogens is 1. The summed E-state index contributed by atoms with van der Waals surface area (Å²) in [4.78, 5) is 0. The van der Waals surface area contributed by atoms with E-state index in [1.54, 1.807) is 7.11 Å². The molecule has 0 heterocycles. The molecular weight excluding hydrogens is 258 g/mol. The van der Waals surface area contributed by atoms with Gasteiger partial charge >= 0.3 is 0 Å². The van der Waals surface area contributed by atoms with Crippen molar-refractivity contribution in [2.24, 2.45) is 5.92 Å². The highest BCUT2D eigenvalue weighted by atomic mass is 35.5. The van der Waals surface area contributed by atoms with Gasteiger partial charge < -0.3 is 10.1 Å². The Labute approximate surface area is 122 Å². The van der Waals surface area contributed by atoms with Crippen molar-refractivity contribution in [3.05, 3.63) is 34.9 Å². The molecule has 3 heteroatoms. The van der Waals surface area contributed by atoms with Gasteiger partial charge in [-0.15, -0.1) is 0 Å². The summed E-state index contributed by atoms with van der Waals surface area (Å²) in [5.74, 6) is 1.13. The van der Waals surface area contributed by atoms with Crippen molar-refractivity contribution in [2.75, 3.05) is 26.8 Å². The number of methoxy groups -OCH3 is 1. The molecule has 0 spiro atoms. The Kier molecular flexibility index (Phi) is 8.11. The Hall–Kier alpha value is -0.570. The van der Waals surface area contributed by atoms with Crippen LogP contribution in [0.4, 0.5) is 0 Å². The van der Waals surface area contributed by atoms with E-state index in [-0.39, 0.29) is 0 Å². The van der Waals surface area contributed by atoms with Crippen molar-refractivity contribution in [3.8, 4) is 0 Å². The first-order chi connectivity index (χ1) is 9.15. The monoisotopic (exact) mass is 283 g/mol. The summed E-state index contributed by atoms with van der Waals surface area (Å²) in [7, 11) is 1.75. The standard InChI is InChI=1S/C16H26ClNO/c1-13(2)11-18-12-14(7-6-10-19-3)15-8-4-5-9-16(15)17/h4-5,8-9,13-14,18H,6-7,10-12H2,1-3H3. The predicted molar refractivity (Wildman–Crippen MR) is 83.0 cm³/mol. The van der Waals surface area contributed by atoms with Gasteiger partial charge in [-0.2, -0.15) is 0 Å². The summed E-state index contributed by atoms with van der Waals surface area (Å²) in [5, 5.41) is 4.41. The van der Waals surface area contributed by atoms with Gasteiger partial charge in [0, 0.05) is 25.3 Å². The fourth-order valence-electron chi connectivity index (χ4n) is 2.19. The van der Waals surface area contributed by atoms with Crippen molar-refractivity contribution >= 4 is 11.6 Å². The van der Waals surface area contributed by atoms with Crippen LogP contribution in [0.3, 0.4) is 0 Å². The van der Waals surface area contributed by atoms with Crippen LogP contribution in [0.5, 0.6) is 0 Å². The summed E-state index contributed by atoms with van der Waals surface area (Å²) in [5.41, 5.74) is 1.25. The second kappa shape index (κ2) is 9.35. The van der Waals surface area contributed by atoms with Crippen LogP contribution in [0.25, 0.3) is 0 Å². The molecule has 0 saturated carbocycles. The van der Waals surface area contributed by atoms with Gasteiger partial charge in [-0.1, -0.05) is 43.6 Å². The van der Waals surface area contributed by atoms with E-state index in [9.17, 15) is 0 Å². The van der Waals surface area contributed by atoms with Crippen molar-refractivity contribution in [3.63, 3.8) is 0 Å². The maximum Gasteiger partial charge on any atom is 0.0462 e. The summed E-state index contributed by atoms with van der Waals surface area (Å²) in [6.07, 6.45) is 2.17. The Balaban J connectivity index is 2.60. The molecule has 0 aliphatic carbocycles. The van der Waals surface area contributed by atoms with Gasteiger partial charge in [0.25, 0.3) is 0 Å². The molecule has 0 radical (unpaired) electrons. The highest BCUT2D eigenvalue weighted by Gasteiger charge is 2.14. The Morgan fingerprint density at radius 2 is 1.95 bits per heavy atom. The molecule has 0 amide bonds. The fraction of sp³-hybridized carbons (Fsp3) is 0.625. The van der Waals surface area contributed by atoms with E-state index in [0.717, 1.165) is 37.6 Å². The van der Waals surface area contributed by atoms with Gasteiger partial charge in [-0.25, -0.2) is 0 Å². The molecule has 1 rings (SSSR count). The first kappa shape index (κ1) is 16.5. The first-order valence-corrected chi connectivity index (χ1v) is 7.47. The third kappa shape index (κ3) is 6.42. The van der Waals surface area contributed by atoms with Crippen LogP contribution in [0, 0.1) is 5.92 Å². The van der Waals surface area contributed by atoms with Crippen LogP contribution < -0.4 is 5.32 Å².